The topological polar surface area (TPSA) is 123 Å². The predicted molar refractivity (Wildman–Crippen MR) is 133 cm³/mol. The number of aryl methyl sites for hydroxylation is 3. The Morgan fingerprint density at radius 3 is 2.49 bits per heavy atom. The first kappa shape index (κ1) is 24.0. The third kappa shape index (κ3) is 5.02. The lowest BCUT2D eigenvalue weighted by atomic mass is 10.1. The zero-order valence-electron chi connectivity index (χ0n) is 19.2. The summed E-state index contributed by atoms with van der Waals surface area (Å²) in [6.07, 6.45) is 1.38. The van der Waals surface area contributed by atoms with Gasteiger partial charge in [0.05, 0.1) is 15.4 Å². The number of nitrogens with one attached hydrogen (secondary N) is 1. The molecule has 3 aromatic rings. The Hall–Kier alpha value is -4.18. The van der Waals surface area contributed by atoms with Gasteiger partial charge in [-0.25, -0.2) is 0 Å². The van der Waals surface area contributed by atoms with Crippen LogP contribution in [0.4, 0.5) is 16.2 Å². The summed E-state index contributed by atoms with van der Waals surface area (Å²) in [4.78, 5) is 49.6. The molecule has 0 radical (unpaired) electrons. The van der Waals surface area contributed by atoms with Gasteiger partial charge in [0.15, 0.2) is 0 Å². The summed E-state index contributed by atoms with van der Waals surface area (Å²) in [6.45, 7) is 5.29. The molecule has 1 N–H and O–H groups in total. The van der Waals surface area contributed by atoms with Gasteiger partial charge in [0, 0.05) is 17.8 Å². The zero-order chi connectivity index (χ0) is 25.3. The van der Waals surface area contributed by atoms with E-state index in [0.717, 1.165) is 21.6 Å². The molecule has 0 unspecified atom stereocenters. The molecule has 1 aromatic heterocycles. The molecule has 1 aliphatic heterocycles. The van der Waals surface area contributed by atoms with Crippen LogP contribution in [-0.2, 0) is 9.59 Å². The largest absolute Gasteiger partial charge is 0.456 e. The minimum atomic E-state index is -0.615. The van der Waals surface area contributed by atoms with E-state index in [1.165, 1.54) is 12.1 Å². The van der Waals surface area contributed by atoms with Crippen molar-refractivity contribution < 1.29 is 23.7 Å². The molecule has 4 rings (SSSR count). The maximum Gasteiger partial charge on any atom is 0.294 e. The fraction of sp³-hybridized carbons (Fsp3) is 0.160. The van der Waals surface area contributed by atoms with E-state index >= 15 is 0 Å². The number of thioether (sulfide) groups is 1. The van der Waals surface area contributed by atoms with Gasteiger partial charge in [0.2, 0.25) is 5.91 Å². The number of nitrogens with zero attached hydrogens (tertiary/aromatic N) is 2. The quantitative estimate of drug-likeness (QED) is 0.276. The monoisotopic (exact) mass is 491 g/mol. The van der Waals surface area contributed by atoms with Crippen molar-refractivity contribution >= 4 is 46.3 Å². The molecule has 35 heavy (non-hydrogen) atoms. The van der Waals surface area contributed by atoms with Crippen molar-refractivity contribution in [2.24, 2.45) is 0 Å². The number of hydrogen-bond donors (Lipinski definition) is 1. The van der Waals surface area contributed by atoms with E-state index < -0.39 is 28.5 Å². The molecular formula is C25H21N3O6S. The Bertz CT molecular complexity index is 1380. The highest BCUT2D eigenvalue weighted by Gasteiger charge is 2.36. The molecule has 3 amide bonds. The van der Waals surface area contributed by atoms with Gasteiger partial charge in [0.25, 0.3) is 16.8 Å². The van der Waals surface area contributed by atoms with Crippen LogP contribution in [0.1, 0.15) is 22.5 Å². The third-order valence-corrected chi connectivity index (χ3v) is 6.29. The third-order valence-electron chi connectivity index (χ3n) is 5.38. The lowest BCUT2D eigenvalue weighted by molar-refractivity contribution is -0.384. The van der Waals surface area contributed by atoms with Crippen LogP contribution < -0.4 is 5.32 Å². The lowest BCUT2D eigenvalue weighted by Crippen LogP contribution is -2.36. The molecule has 0 spiro atoms. The van der Waals surface area contributed by atoms with Crippen LogP contribution in [0.3, 0.4) is 0 Å². The number of nitro groups is 1. The Morgan fingerprint density at radius 1 is 1.11 bits per heavy atom. The van der Waals surface area contributed by atoms with E-state index in [9.17, 15) is 24.5 Å². The summed E-state index contributed by atoms with van der Waals surface area (Å²) in [5.74, 6) is -0.596. The normalized spacial score (nSPS) is 14.6. The minimum Gasteiger partial charge on any atom is -0.456 e. The Morgan fingerprint density at radius 2 is 1.80 bits per heavy atom. The number of amides is 3. The number of rotatable bonds is 6. The summed E-state index contributed by atoms with van der Waals surface area (Å²) in [7, 11) is 0. The van der Waals surface area contributed by atoms with Crippen molar-refractivity contribution in [1.29, 1.82) is 0 Å². The summed E-state index contributed by atoms with van der Waals surface area (Å²) in [5.41, 5.74) is 3.68. The summed E-state index contributed by atoms with van der Waals surface area (Å²) >= 11 is 0.697. The first-order valence-corrected chi connectivity index (χ1v) is 11.4. The van der Waals surface area contributed by atoms with Crippen molar-refractivity contribution in [1.82, 2.24) is 4.90 Å². The van der Waals surface area contributed by atoms with E-state index in [4.69, 9.17) is 4.42 Å². The van der Waals surface area contributed by atoms with Crippen molar-refractivity contribution in [2.75, 3.05) is 11.9 Å². The number of imide groups is 1. The van der Waals surface area contributed by atoms with E-state index in [-0.39, 0.29) is 22.1 Å². The fourth-order valence-corrected chi connectivity index (χ4v) is 4.70. The van der Waals surface area contributed by atoms with E-state index in [0.29, 0.717) is 23.0 Å². The molecule has 1 fully saturated rings. The molecule has 1 aliphatic rings. The van der Waals surface area contributed by atoms with Crippen LogP contribution in [0.2, 0.25) is 0 Å². The molecule has 1 saturated heterocycles. The second-order valence-corrected chi connectivity index (χ2v) is 9.06. The second kappa shape index (κ2) is 9.59. The lowest BCUT2D eigenvalue weighted by Gasteiger charge is -2.15. The number of carbonyl (C=O) groups is 3. The van der Waals surface area contributed by atoms with Crippen LogP contribution in [0.25, 0.3) is 17.4 Å². The molecular weight excluding hydrogens is 470 g/mol. The van der Waals surface area contributed by atoms with Crippen molar-refractivity contribution in [3.8, 4) is 11.3 Å². The molecule has 0 aliphatic carbocycles. The number of nitro benzene ring substituents is 1. The fourth-order valence-electron chi connectivity index (χ4n) is 3.88. The van der Waals surface area contributed by atoms with E-state index in [1.54, 1.807) is 30.3 Å². The van der Waals surface area contributed by atoms with Crippen molar-refractivity contribution in [3.05, 3.63) is 86.0 Å². The maximum atomic E-state index is 12.8. The number of hydrogen-bond acceptors (Lipinski definition) is 7. The van der Waals surface area contributed by atoms with Crippen LogP contribution in [0.15, 0.2) is 57.9 Å². The average Bonchev–Trinajstić information content (AvgIpc) is 3.36. The van der Waals surface area contributed by atoms with Gasteiger partial charge >= 0.3 is 0 Å². The first-order valence-electron chi connectivity index (χ1n) is 10.6. The average molecular weight is 492 g/mol. The molecule has 0 atom stereocenters. The van der Waals surface area contributed by atoms with Gasteiger partial charge in [-0.2, -0.15) is 0 Å². The van der Waals surface area contributed by atoms with Gasteiger partial charge in [-0.3, -0.25) is 29.4 Å². The standard InChI is InChI=1S/C25H21N3O6S/c1-14-10-15(2)23(16(3)11-14)26-22(29)13-27-24(30)21(35-25(27)31)12-17-8-9-20(34-17)18-6-4-5-7-19(18)28(32)33/h4-12H,13H2,1-3H3,(H,26,29)/b21-12+. The van der Waals surface area contributed by atoms with E-state index in [2.05, 4.69) is 5.32 Å². The van der Waals surface area contributed by atoms with Gasteiger partial charge in [-0.1, -0.05) is 29.8 Å². The van der Waals surface area contributed by atoms with Crippen LogP contribution in [0.5, 0.6) is 0 Å². The molecule has 2 heterocycles. The zero-order valence-corrected chi connectivity index (χ0v) is 20.0. The number of para-hydroxylation sites is 1. The minimum absolute atomic E-state index is 0.0916. The molecule has 2 aromatic carbocycles. The summed E-state index contributed by atoms with van der Waals surface area (Å²) < 4.78 is 5.68. The highest BCUT2D eigenvalue weighted by atomic mass is 32.2. The van der Waals surface area contributed by atoms with Crippen molar-refractivity contribution in [2.45, 2.75) is 20.8 Å². The Kier molecular flexibility index (Phi) is 6.57. The SMILES string of the molecule is Cc1cc(C)c(NC(=O)CN2C(=O)S/C(=C/c3ccc(-c4ccccc4[N+](=O)[O-])o3)C2=O)c(C)c1. The number of benzene rings is 2. The Labute approximate surface area is 204 Å². The van der Waals surface area contributed by atoms with Gasteiger partial charge in [0.1, 0.15) is 18.1 Å². The van der Waals surface area contributed by atoms with Gasteiger partial charge in [-0.05, 0) is 61.9 Å². The molecule has 10 heteroatoms. The molecule has 0 saturated carbocycles. The summed E-state index contributed by atoms with van der Waals surface area (Å²) in [5, 5.41) is 13.5. The number of furan rings is 1. The molecule has 0 bridgehead atoms. The summed E-state index contributed by atoms with van der Waals surface area (Å²) in [6, 6.07) is 13.1. The highest BCUT2D eigenvalue weighted by molar-refractivity contribution is 8.18. The Balaban J connectivity index is 1.49. The van der Waals surface area contributed by atoms with Gasteiger partial charge in [-0.15, -0.1) is 0 Å². The van der Waals surface area contributed by atoms with Crippen LogP contribution in [0, 0.1) is 30.9 Å². The van der Waals surface area contributed by atoms with Crippen LogP contribution >= 0.6 is 11.8 Å². The number of anilines is 1. The van der Waals surface area contributed by atoms with Crippen molar-refractivity contribution in [3.63, 3.8) is 0 Å². The van der Waals surface area contributed by atoms with Crippen LogP contribution in [-0.4, -0.2) is 33.4 Å². The predicted octanol–water partition coefficient (Wildman–Crippen LogP) is 5.46. The smallest absolute Gasteiger partial charge is 0.294 e. The van der Waals surface area contributed by atoms with E-state index in [1.807, 2.05) is 32.9 Å². The highest BCUT2D eigenvalue weighted by Crippen LogP contribution is 2.35. The number of carbonyl (C=O) groups excluding carboxylic acids is 3. The van der Waals surface area contributed by atoms with Gasteiger partial charge < -0.3 is 9.73 Å². The molecule has 178 valence electrons. The second-order valence-electron chi connectivity index (χ2n) is 8.07. The maximum absolute atomic E-state index is 12.8. The first-order chi connectivity index (χ1) is 16.6. The molecule has 9 nitrogen and oxygen atoms in total.